The van der Waals surface area contributed by atoms with E-state index in [-0.39, 0.29) is 25.7 Å². The lowest BCUT2D eigenvalue weighted by atomic mass is 10.0. The standard InChI is InChI=1S/C86H168O17P2/c1-7-9-11-13-15-17-19-21-23-25-27-29-31-33-35-37-39-41-43-52-58-64-70-85(90)102-81(74-96-83(88)68-62-56-50-42-40-38-36-34-32-30-28-26-24-22-20-18-16-14-12-10-8-2)76-100-104(92,93)98-72-80(87)73-99-105(94,95)101-77-82(103-86(91)71-65-59-53-47-45-49-55-61-67-79(5)6)75-97-84(89)69-63-57-51-46-44-48-54-60-66-78(3)4/h78-82,87H,7-77H2,1-6H3,(H,92,93)(H,94,95)/t80-,81-,82-/m1/s1. The molecule has 2 unspecified atom stereocenters. The van der Waals surface area contributed by atoms with Crippen LogP contribution >= 0.6 is 15.6 Å². The van der Waals surface area contributed by atoms with Crippen molar-refractivity contribution >= 4 is 39.5 Å². The van der Waals surface area contributed by atoms with E-state index in [9.17, 15) is 43.2 Å². The summed E-state index contributed by atoms with van der Waals surface area (Å²) in [7, 11) is -9.92. The van der Waals surface area contributed by atoms with Gasteiger partial charge in [-0.05, 0) is 37.5 Å². The molecule has 0 amide bonds. The molecule has 17 nitrogen and oxygen atoms in total. The number of carbonyl (C=O) groups is 4. The third kappa shape index (κ3) is 79.9. The highest BCUT2D eigenvalue weighted by Crippen LogP contribution is 2.45. The maximum absolute atomic E-state index is 13.1. The minimum Gasteiger partial charge on any atom is -0.462 e. The van der Waals surface area contributed by atoms with Crippen LogP contribution in [0.1, 0.15) is 459 Å². The molecule has 0 rings (SSSR count). The second-order valence-corrected chi connectivity index (χ2v) is 34.8. The smallest absolute Gasteiger partial charge is 0.462 e. The number of hydrogen-bond acceptors (Lipinski definition) is 15. The quantitative estimate of drug-likeness (QED) is 0.0222. The van der Waals surface area contributed by atoms with Gasteiger partial charge in [0.15, 0.2) is 12.2 Å². The first-order valence-corrected chi connectivity index (χ1v) is 47.5. The van der Waals surface area contributed by atoms with Crippen molar-refractivity contribution in [3.05, 3.63) is 0 Å². The molecule has 0 aromatic carbocycles. The van der Waals surface area contributed by atoms with Gasteiger partial charge in [0.2, 0.25) is 0 Å². The van der Waals surface area contributed by atoms with E-state index in [0.29, 0.717) is 25.7 Å². The normalized spacial score (nSPS) is 13.8. The molecule has 19 heteroatoms. The molecule has 3 N–H and O–H groups in total. The molecule has 0 heterocycles. The molecule has 0 aromatic rings. The number of rotatable bonds is 85. The highest BCUT2D eigenvalue weighted by molar-refractivity contribution is 7.47. The Balaban J connectivity index is 5.19. The van der Waals surface area contributed by atoms with Gasteiger partial charge < -0.3 is 33.8 Å². The van der Waals surface area contributed by atoms with Crippen LogP contribution < -0.4 is 0 Å². The van der Waals surface area contributed by atoms with Crippen molar-refractivity contribution in [2.45, 2.75) is 477 Å². The molecule has 0 aliphatic heterocycles. The summed E-state index contributed by atoms with van der Waals surface area (Å²) in [5, 5.41) is 10.7. The third-order valence-corrected chi connectivity index (χ3v) is 22.1. The zero-order valence-corrected chi connectivity index (χ0v) is 70.8. The number of aliphatic hydroxyl groups is 1. The van der Waals surface area contributed by atoms with Gasteiger partial charge in [0, 0.05) is 25.7 Å². The molecule has 0 aromatic heterocycles. The van der Waals surface area contributed by atoms with Gasteiger partial charge >= 0.3 is 39.5 Å². The summed E-state index contributed by atoms with van der Waals surface area (Å²) >= 11 is 0. The highest BCUT2D eigenvalue weighted by atomic mass is 31.2. The summed E-state index contributed by atoms with van der Waals surface area (Å²) in [6.07, 6.45) is 69.9. The van der Waals surface area contributed by atoms with Gasteiger partial charge in [-0.3, -0.25) is 37.3 Å². The first kappa shape index (κ1) is 103. The molecule has 624 valence electrons. The Morgan fingerprint density at radius 1 is 0.257 bits per heavy atom. The number of hydrogen-bond donors (Lipinski definition) is 3. The molecule has 0 fully saturated rings. The lowest BCUT2D eigenvalue weighted by Gasteiger charge is -2.21. The second-order valence-electron chi connectivity index (χ2n) is 31.9. The third-order valence-electron chi connectivity index (χ3n) is 20.2. The predicted octanol–water partition coefficient (Wildman–Crippen LogP) is 26.2. The lowest BCUT2D eigenvalue weighted by Crippen LogP contribution is -2.30. The molecule has 5 atom stereocenters. The number of esters is 4. The van der Waals surface area contributed by atoms with E-state index in [0.717, 1.165) is 102 Å². The lowest BCUT2D eigenvalue weighted by molar-refractivity contribution is -0.161. The van der Waals surface area contributed by atoms with Crippen LogP contribution in [0.3, 0.4) is 0 Å². The Labute approximate surface area is 645 Å². The average Bonchev–Trinajstić information content (AvgIpc) is 0.921. The van der Waals surface area contributed by atoms with Gasteiger partial charge in [-0.15, -0.1) is 0 Å². The van der Waals surface area contributed by atoms with Crippen LogP contribution in [0, 0.1) is 11.8 Å². The predicted molar refractivity (Wildman–Crippen MR) is 432 cm³/mol. The molecule has 0 bridgehead atoms. The van der Waals surface area contributed by atoms with Crippen molar-refractivity contribution in [1.82, 2.24) is 0 Å². The van der Waals surface area contributed by atoms with Crippen molar-refractivity contribution in [2.24, 2.45) is 11.8 Å². The van der Waals surface area contributed by atoms with Crippen LogP contribution in [0.5, 0.6) is 0 Å². The largest absolute Gasteiger partial charge is 0.472 e. The minimum atomic E-state index is -4.97. The van der Waals surface area contributed by atoms with E-state index < -0.39 is 97.5 Å². The Morgan fingerprint density at radius 3 is 0.648 bits per heavy atom. The first-order chi connectivity index (χ1) is 50.9. The van der Waals surface area contributed by atoms with Crippen molar-refractivity contribution in [2.75, 3.05) is 39.6 Å². The topological polar surface area (TPSA) is 237 Å². The number of phosphoric acid groups is 2. The van der Waals surface area contributed by atoms with Crippen LogP contribution in [0.4, 0.5) is 0 Å². The Kier molecular flexibility index (Phi) is 76.0. The average molecular weight is 1540 g/mol. The van der Waals surface area contributed by atoms with Gasteiger partial charge in [-0.2, -0.15) is 0 Å². The molecule has 0 aliphatic rings. The zero-order chi connectivity index (χ0) is 77.1. The first-order valence-electron chi connectivity index (χ1n) is 44.5. The Bertz CT molecular complexity index is 2010. The number of phosphoric ester groups is 2. The fraction of sp³-hybridized carbons (Fsp3) is 0.953. The number of aliphatic hydroxyl groups excluding tert-OH is 1. The van der Waals surface area contributed by atoms with E-state index in [4.69, 9.17) is 37.0 Å². The SMILES string of the molecule is CCCCCCCCCCCCCCCCCCCCCCCCC(=O)O[C@H](COC(=O)CCCCCCCCCCCCCCCCCCCCCCC)COP(=O)(O)OC[C@@H](O)COP(=O)(O)OC[C@@H](COC(=O)CCCCCCCCCCC(C)C)OC(=O)CCCCCCCCCCC(C)C. The molecule has 0 radical (unpaired) electrons. The van der Waals surface area contributed by atoms with E-state index in [1.54, 1.807) is 0 Å². The highest BCUT2D eigenvalue weighted by Gasteiger charge is 2.30. The van der Waals surface area contributed by atoms with E-state index in [1.807, 2.05) is 0 Å². The molecular formula is C86H168O17P2. The summed E-state index contributed by atoms with van der Waals surface area (Å²) < 4.78 is 68.8. The van der Waals surface area contributed by atoms with Gasteiger partial charge in [-0.25, -0.2) is 9.13 Å². The van der Waals surface area contributed by atoms with Gasteiger partial charge in [-0.1, -0.05) is 408 Å². The van der Waals surface area contributed by atoms with Gasteiger partial charge in [0.05, 0.1) is 26.4 Å². The van der Waals surface area contributed by atoms with Crippen molar-refractivity contribution < 1.29 is 80.2 Å². The summed E-state index contributed by atoms with van der Waals surface area (Å²) in [5.74, 6) is -0.664. The van der Waals surface area contributed by atoms with E-state index in [2.05, 4.69) is 41.5 Å². The monoisotopic (exact) mass is 1540 g/mol. The van der Waals surface area contributed by atoms with Crippen LogP contribution in [-0.2, 0) is 65.4 Å². The second kappa shape index (κ2) is 77.4. The maximum Gasteiger partial charge on any atom is 0.472 e. The van der Waals surface area contributed by atoms with Crippen molar-refractivity contribution in [1.29, 1.82) is 0 Å². The molecule has 0 saturated heterocycles. The Hall–Kier alpha value is -1.94. The molecule has 0 aliphatic carbocycles. The zero-order valence-electron chi connectivity index (χ0n) is 69.0. The Morgan fingerprint density at radius 2 is 0.438 bits per heavy atom. The molecule has 0 saturated carbocycles. The van der Waals surface area contributed by atoms with Crippen LogP contribution in [0.2, 0.25) is 0 Å². The fourth-order valence-corrected chi connectivity index (χ4v) is 15.0. The maximum atomic E-state index is 13.1. The summed E-state index contributed by atoms with van der Waals surface area (Å²) in [6.45, 7) is 9.57. The van der Waals surface area contributed by atoms with Crippen LogP contribution in [0.25, 0.3) is 0 Å². The number of carbonyl (C=O) groups excluding carboxylic acids is 4. The summed E-state index contributed by atoms with van der Waals surface area (Å²) in [5.41, 5.74) is 0. The minimum absolute atomic E-state index is 0.104. The van der Waals surface area contributed by atoms with Crippen molar-refractivity contribution in [3.8, 4) is 0 Å². The molecular weight excluding hydrogens is 1370 g/mol. The fourth-order valence-electron chi connectivity index (χ4n) is 13.4. The van der Waals surface area contributed by atoms with Crippen LogP contribution in [0.15, 0.2) is 0 Å². The van der Waals surface area contributed by atoms with E-state index >= 15 is 0 Å². The summed E-state index contributed by atoms with van der Waals surface area (Å²) in [4.78, 5) is 73.1. The van der Waals surface area contributed by atoms with Crippen molar-refractivity contribution in [3.63, 3.8) is 0 Å². The number of ether oxygens (including phenoxy) is 4. The van der Waals surface area contributed by atoms with Gasteiger partial charge in [0.25, 0.3) is 0 Å². The summed E-state index contributed by atoms with van der Waals surface area (Å²) in [6, 6.07) is 0. The van der Waals surface area contributed by atoms with Crippen LogP contribution in [-0.4, -0.2) is 96.7 Å². The number of unbranched alkanes of at least 4 members (excludes halogenated alkanes) is 55. The van der Waals surface area contributed by atoms with Gasteiger partial charge in [0.1, 0.15) is 19.3 Å². The molecule has 0 spiro atoms. The van der Waals surface area contributed by atoms with E-state index in [1.165, 1.54) is 276 Å². The molecule has 105 heavy (non-hydrogen) atoms.